The summed E-state index contributed by atoms with van der Waals surface area (Å²) in [4.78, 5) is 21.8. The van der Waals surface area contributed by atoms with Crippen LogP contribution in [0.1, 0.15) is 18.9 Å². The number of nitrogens with one attached hydrogen (secondary N) is 2. The van der Waals surface area contributed by atoms with Crippen LogP contribution >= 0.6 is 15.9 Å². The van der Waals surface area contributed by atoms with E-state index in [1.165, 1.54) is 6.92 Å². The van der Waals surface area contributed by atoms with Crippen LogP contribution in [0, 0.1) is 0 Å². The molecule has 0 aromatic heterocycles. The smallest absolute Gasteiger partial charge is 0.238 e. The van der Waals surface area contributed by atoms with E-state index in [2.05, 4.69) is 26.8 Å². The molecule has 0 saturated heterocycles. The molecule has 4 nitrogen and oxygen atoms in total. The van der Waals surface area contributed by atoms with E-state index < -0.39 is 0 Å². The number of hydrogen-bond donors (Lipinski definition) is 2. The fourth-order valence-electron chi connectivity index (χ4n) is 1.17. The first-order chi connectivity index (χ1) is 7.58. The monoisotopic (exact) mass is 284 g/mol. The van der Waals surface area contributed by atoms with Gasteiger partial charge in [-0.15, -0.1) is 0 Å². The second-order valence-corrected chi connectivity index (χ2v) is 4.27. The topological polar surface area (TPSA) is 58.2 Å². The summed E-state index contributed by atoms with van der Waals surface area (Å²) in [5.74, 6) is -0.481. The first-order valence-corrected chi connectivity index (χ1v) is 5.67. The number of aryl methyl sites for hydroxylation is 1. The molecule has 0 heterocycles. The summed E-state index contributed by atoms with van der Waals surface area (Å²) in [5.41, 5.74) is 5.64. The van der Waals surface area contributed by atoms with Crippen LogP contribution in [-0.4, -0.2) is 11.8 Å². The van der Waals surface area contributed by atoms with Crippen LogP contribution in [0.15, 0.2) is 28.7 Å². The van der Waals surface area contributed by atoms with Gasteiger partial charge in [0, 0.05) is 17.8 Å². The number of halogens is 1. The highest BCUT2D eigenvalue weighted by Gasteiger charge is 2.02. The Balaban J connectivity index is 2.34. The zero-order chi connectivity index (χ0) is 12.0. The molecule has 0 saturated carbocycles. The average molecular weight is 285 g/mol. The third-order valence-electron chi connectivity index (χ3n) is 1.91. The van der Waals surface area contributed by atoms with Gasteiger partial charge < -0.3 is 0 Å². The lowest BCUT2D eigenvalue weighted by Crippen LogP contribution is -2.40. The first-order valence-electron chi connectivity index (χ1n) is 4.88. The molecule has 2 amide bonds. The van der Waals surface area contributed by atoms with Crippen LogP contribution in [-0.2, 0) is 16.0 Å². The summed E-state index contributed by atoms with van der Waals surface area (Å²) in [5, 5.41) is 0. The van der Waals surface area contributed by atoms with Gasteiger partial charge in [-0.05, 0) is 24.1 Å². The third kappa shape index (κ3) is 4.93. The van der Waals surface area contributed by atoms with E-state index in [0.29, 0.717) is 12.8 Å². The Morgan fingerprint density at radius 2 is 2.06 bits per heavy atom. The molecule has 0 aliphatic heterocycles. The van der Waals surface area contributed by atoms with Gasteiger partial charge in [0.25, 0.3) is 0 Å². The highest BCUT2D eigenvalue weighted by atomic mass is 79.9. The van der Waals surface area contributed by atoms with Crippen molar-refractivity contribution < 1.29 is 9.59 Å². The van der Waals surface area contributed by atoms with Gasteiger partial charge in [0.15, 0.2) is 0 Å². The molecule has 2 N–H and O–H groups in total. The lowest BCUT2D eigenvalue weighted by atomic mass is 10.1. The number of hydrazine groups is 1. The van der Waals surface area contributed by atoms with Crippen LogP contribution in [0.3, 0.4) is 0 Å². The lowest BCUT2D eigenvalue weighted by molar-refractivity contribution is -0.127. The maximum absolute atomic E-state index is 11.3. The molecule has 0 bridgehead atoms. The fourth-order valence-corrected chi connectivity index (χ4v) is 1.62. The molecule has 86 valence electrons. The Morgan fingerprint density at radius 1 is 1.31 bits per heavy atom. The Kier molecular flexibility index (Phi) is 4.98. The molecular formula is C11H13BrN2O2. The van der Waals surface area contributed by atoms with Crippen molar-refractivity contribution in [1.82, 2.24) is 10.9 Å². The maximum atomic E-state index is 11.3. The number of carbonyl (C=O) groups is 2. The van der Waals surface area contributed by atoms with Gasteiger partial charge in [-0.25, -0.2) is 0 Å². The summed E-state index contributed by atoms with van der Waals surface area (Å²) in [6.07, 6.45) is 0.988. The second kappa shape index (κ2) is 6.27. The molecule has 5 heteroatoms. The van der Waals surface area contributed by atoms with E-state index in [-0.39, 0.29) is 11.8 Å². The maximum Gasteiger partial charge on any atom is 0.238 e. The van der Waals surface area contributed by atoms with Crippen molar-refractivity contribution in [3.05, 3.63) is 34.3 Å². The van der Waals surface area contributed by atoms with E-state index in [0.717, 1.165) is 10.0 Å². The SMILES string of the molecule is CC(=O)NNC(=O)CCc1cccc(Br)c1. The number of benzene rings is 1. The molecule has 0 atom stereocenters. The average Bonchev–Trinajstić information content (AvgIpc) is 2.23. The second-order valence-electron chi connectivity index (χ2n) is 3.36. The van der Waals surface area contributed by atoms with Crippen LogP contribution in [0.5, 0.6) is 0 Å². The van der Waals surface area contributed by atoms with Crippen LogP contribution in [0.4, 0.5) is 0 Å². The van der Waals surface area contributed by atoms with E-state index in [4.69, 9.17) is 0 Å². The summed E-state index contributed by atoms with van der Waals surface area (Å²) in [6.45, 7) is 1.34. The van der Waals surface area contributed by atoms with Crippen molar-refractivity contribution in [2.24, 2.45) is 0 Å². The van der Waals surface area contributed by atoms with Crippen molar-refractivity contribution in [3.63, 3.8) is 0 Å². The summed E-state index contributed by atoms with van der Waals surface area (Å²) >= 11 is 3.36. The van der Waals surface area contributed by atoms with Gasteiger partial charge >= 0.3 is 0 Å². The molecule has 0 aliphatic rings. The van der Waals surface area contributed by atoms with E-state index in [9.17, 15) is 9.59 Å². The molecule has 1 rings (SSSR count). The van der Waals surface area contributed by atoms with Crippen molar-refractivity contribution in [3.8, 4) is 0 Å². The zero-order valence-electron chi connectivity index (χ0n) is 8.92. The minimum atomic E-state index is -0.282. The molecular weight excluding hydrogens is 272 g/mol. The van der Waals surface area contributed by atoms with Crippen LogP contribution in [0.25, 0.3) is 0 Å². The van der Waals surface area contributed by atoms with Crippen molar-refractivity contribution in [2.75, 3.05) is 0 Å². The molecule has 0 spiro atoms. The number of rotatable bonds is 3. The van der Waals surface area contributed by atoms with E-state index >= 15 is 0 Å². The van der Waals surface area contributed by atoms with Gasteiger partial charge in [-0.1, -0.05) is 28.1 Å². The minimum Gasteiger partial charge on any atom is -0.274 e. The quantitative estimate of drug-likeness (QED) is 0.828. The van der Waals surface area contributed by atoms with E-state index in [1.54, 1.807) is 0 Å². The zero-order valence-corrected chi connectivity index (χ0v) is 10.5. The number of carbonyl (C=O) groups excluding carboxylic acids is 2. The number of amides is 2. The predicted octanol–water partition coefficient (Wildman–Crippen LogP) is 1.55. The minimum absolute atomic E-state index is 0.199. The largest absolute Gasteiger partial charge is 0.274 e. The number of hydrogen-bond acceptors (Lipinski definition) is 2. The highest BCUT2D eigenvalue weighted by molar-refractivity contribution is 9.10. The Hall–Kier alpha value is -1.36. The molecule has 0 unspecified atom stereocenters. The molecule has 0 aliphatic carbocycles. The first kappa shape index (κ1) is 12.7. The Morgan fingerprint density at radius 3 is 2.69 bits per heavy atom. The van der Waals surface area contributed by atoms with Crippen molar-refractivity contribution in [2.45, 2.75) is 19.8 Å². The fraction of sp³-hybridized carbons (Fsp3) is 0.273. The summed E-state index contributed by atoms with van der Waals surface area (Å²) < 4.78 is 0.993. The molecule has 16 heavy (non-hydrogen) atoms. The van der Waals surface area contributed by atoms with Gasteiger partial charge in [-0.2, -0.15) is 0 Å². The summed E-state index contributed by atoms with van der Waals surface area (Å²) in [6, 6.07) is 7.77. The molecule has 0 fully saturated rings. The Bertz CT molecular complexity index is 393. The van der Waals surface area contributed by atoms with Crippen molar-refractivity contribution >= 4 is 27.7 Å². The van der Waals surface area contributed by atoms with Gasteiger partial charge in [-0.3, -0.25) is 20.4 Å². The Labute approximate surface area is 103 Å². The normalized spacial score (nSPS) is 9.62. The van der Waals surface area contributed by atoms with Gasteiger partial charge in [0.2, 0.25) is 11.8 Å². The molecule has 1 aromatic rings. The van der Waals surface area contributed by atoms with Crippen LogP contribution in [0.2, 0.25) is 0 Å². The van der Waals surface area contributed by atoms with Crippen molar-refractivity contribution in [1.29, 1.82) is 0 Å². The van der Waals surface area contributed by atoms with Crippen LogP contribution < -0.4 is 10.9 Å². The van der Waals surface area contributed by atoms with Gasteiger partial charge in [0.1, 0.15) is 0 Å². The third-order valence-corrected chi connectivity index (χ3v) is 2.40. The predicted molar refractivity (Wildman–Crippen MR) is 64.4 cm³/mol. The van der Waals surface area contributed by atoms with Gasteiger partial charge in [0.05, 0.1) is 0 Å². The highest BCUT2D eigenvalue weighted by Crippen LogP contribution is 2.12. The van der Waals surface area contributed by atoms with E-state index in [1.807, 2.05) is 24.3 Å². The molecule has 1 aromatic carbocycles. The summed E-state index contributed by atoms with van der Waals surface area (Å²) in [7, 11) is 0. The molecule has 0 radical (unpaired) electrons. The standard InChI is InChI=1S/C11H13BrN2O2/c1-8(15)13-14-11(16)6-5-9-3-2-4-10(12)7-9/h2-4,7H,5-6H2,1H3,(H,13,15)(H,14,16). The lowest BCUT2D eigenvalue weighted by Gasteiger charge is -2.05.